The van der Waals surface area contributed by atoms with Gasteiger partial charge in [0.2, 0.25) is 5.13 Å². The molecule has 3 rings (SSSR count). The molecule has 0 radical (unpaired) electrons. The van der Waals surface area contributed by atoms with Crippen LogP contribution in [0.5, 0.6) is 0 Å². The molecule has 0 saturated heterocycles. The van der Waals surface area contributed by atoms with E-state index in [0.717, 1.165) is 17.1 Å². The number of nitrogens with zero attached hydrogens (tertiary/aromatic N) is 2. The van der Waals surface area contributed by atoms with Gasteiger partial charge in [-0.1, -0.05) is 17.7 Å². The second-order valence-corrected chi connectivity index (χ2v) is 5.50. The summed E-state index contributed by atoms with van der Waals surface area (Å²) in [6, 6.07) is 13.2. The highest BCUT2D eigenvalue weighted by molar-refractivity contribution is 7.10. The van der Waals surface area contributed by atoms with Gasteiger partial charge in [0.1, 0.15) is 5.82 Å². The zero-order valence-corrected chi connectivity index (χ0v) is 12.5. The van der Waals surface area contributed by atoms with Gasteiger partial charge in [-0.05, 0) is 43.3 Å². The molecule has 2 aromatic carbocycles. The maximum Gasteiger partial charge on any atom is 0.257 e. The molecule has 0 aliphatic carbocycles. The van der Waals surface area contributed by atoms with E-state index in [2.05, 4.69) is 14.7 Å². The minimum absolute atomic E-state index is 0.234. The number of rotatable bonds is 3. The van der Waals surface area contributed by atoms with Crippen LogP contribution in [0.3, 0.4) is 0 Å². The van der Waals surface area contributed by atoms with Gasteiger partial charge < -0.3 is 0 Å². The molecule has 3 aromatic rings. The summed E-state index contributed by atoms with van der Waals surface area (Å²) in [4.78, 5) is 16.3. The number of amides is 1. The van der Waals surface area contributed by atoms with E-state index in [0.29, 0.717) is 22.1 Å². The summed E-state index contributed by atoms with van der Waals surface area (Å²) in [7, 11) is 0. The van der Waals surface area contributed by atoms with Crippen LogP contribution in [0.1, 0.15) is 15.9 Å². The molecular formula is C16H12FN3OS. The molecule has 0 fully saturated rings. The average molecular weight is 313 g/mol. The normalized spacial score (nSPS) is 10.5. The highest BCUT2D eigenvalue weighted by atomic mass is 32.1. The number of halogens is 1. The lowest BCUT2D eigenvalue weighted by Crippen LogP contribution is -2.11. The SMILES string of the molecule is Cc1ccc(C(=O)Nc2nc(-c3ccc(F)cc3)ns2)cc1. The van der Waals surface area contributed by atoms with Crippen LogP contribution in [0.4, 0.5) is 9.52 Å². The van der Waals surface area contributed by atoms with E-state index in [1.165, 1.54) is 12.1 Å². The van der Waals surface area contributed by atoms with Crippen molar-refractivity contribution in [1.29, 1.82) is 0 Å². The Morgan fingerprint density at radius 1 is 1.09 bits per heavy atom. The summed E-state index contributed by atoms with van der Waals surface area (Å²) in [5.41, 5.74) is 2.35. The number of carbonyl (C=O) groups excluding carboxylic acids is 1. The molecule has 110 valence electrons. The highest BCUT2D eigenvalue weighted by Crippen LogP contribution is 2.21. The molecule has 0 aliphatic rings. The maximum atomic E-state index is 12.9. The number of nitrogens with one attached hydrogen (secondary N) is 1. The summed E-state index contributed by atoms with van der Waals surface area (Å²) in [5.74, 6) is -0.0853. The van der Waals surface area contributed by atoms with Crippen molar-refractivity contribution in [2.75, 3.05) is 5.32 Å². The van der Waals surface area contributed by atoms with Gasteiger partial charge in [-0.15, -0.1) is 0 Å². The van der Waals surface area contributed by atoms with Crippen molar-refractivity contribution in [3.05, 3.63) is 65.5 Å². The van der Waals surface area contributed by atoms with Crippen LogP contribution in [0.2, 0.25) is 0 Å². The molecule has 6 heteroatoms. The van der Waals surface area contributed by atoms with Gasteiger partial charge in [-0.2, -0.15) is 9.36 Å². The summed E-state index contributed by atoms with van der Waals surface area (Å²) in [6.07, 6.45) is 0. The Balaban J connectivity index is 1.75. The number of hydrogen-bond acceptors (Lipinski definition) is 4. The molecular weight excluding hydrogens is 301 g/mol. The molecule has 0 aliphatic heterocycles. The Hall–Kier alpha value is -2.60. The summed E-state index contributed by atoms with van der Waals surface area (Å²) < 4.78 is 17.1. The van der Waals surface area contributed by atoms with E-state index in [9.17, 15) is 9.18 Å². The zero-order valence-electron chi connectivity index (χ0n) is 11.7. The first-order valence-electron chi connectivity index (χ1n) is 6.59. The quantitative estimate of drug-likeness (QED) is 0.797. The molecule has 0 spiro atoms. The monoisotopic (exact) mass is 313 g/mol. The molecule has 0 saturated carbocycles. The lowest BCUT2D eigenvalue weighted by Gasteiger charge is -2.01. The second kappa shape index (κ2) is 6.03. The van der Waals surface area contributed by atoms with Gasteiger partial charge in [-0.25, -0.2) is 4.39 Å². The molecule has 0 bridgehead atoms. The Morgan fingerprint density at radius 3 is 2.45 bits per heavy atom. The van der Waals surface area contributed by atoms with Crippen LogP contribution in [0.15, 0.2) is 48.5 Å². The van der Waals surface area contributed by atoms with Crippen molar-refractivity contribution >= 4 is 22.6 Å². The van der Waals surface area contributed by atoms with Crippen LogP contribution in [0, 0.1) is 12.7 Å². The smallest absolute Gasteiger partial charge is 0.257 e. The van der Waals surface area contributed by atoms with E-state index in [4.69, 9.17) is 0 Å². The fraction of sp³-hybridized carbons (Fsp3) is 0.0625. The maximum absolute atomic E-state index is 12.9. The third kappa shape index (κ3) is 3.17. The molecule has 22 heavy (non-hydrogen) atoms. The second-order valence-electron chi connectivity index (χ2n) is 4.75. The van der Waals surface area contributed by atoms with Gasteiger partial charge >= 0.3 is 0 Å². The molecule has 1 aromatic heterocycles. The van der Waals surface area contributed by atoms with E-state index < -0.39 is 0 Å². The highest BCUT2D eigenvalue weighted by Gasteiger charge is 2.11. The van der Waals surface area contributed by atoms with E-state index in [1.807, 2.05) is 19.1 Å². The first kappa shape index (κ1) is 14.3. The van der Waals surface area contributed by atoms with Crippen molar-refractivity contribution < 1.29 is 9.18 Å². The van der Waals surface area contributed by atoms with Gasteiger partial charge in [0.25, 0.3) is 5.91 Å². The predicted octanol–water partition coefficient (Wildman–Crippen LogP) is 3.90. The molecule has 0 unspecified atom stereocenters. The number of hydrogen-bond donors (Lipinski definition) is 1. The van der Waals surface area contributed by atoms with E-state index in [1.54, 1.807) is 24.3 Å². The third-order valence-electron chi connectivity index (χ3n) is 3.06. The topological polar surface area (TPSA) is 54.9 Å². The number of anilines is 1. The van der Waals surface area contributed by atoms with Gasteiger partial charge in [0, 0.05) is 22.7 Å². The van der Waals surface area contributed by atoms with Gasteiger partial charge in [0.15, 0.2) is 5.82 Å². The minimum atomic E-state index is -0.313. The Morgan fingerprint density at radius 2 is 1.77 bits per heavy atom. The molecule has 0 atom stereocenters. The Kier molecular flexibility index (Phi) is 3.93. The van der Waals surface area contributed by atoms with Gasteiger partial charge in [-0.3, -0.25) is 10.1 Å². The summed E-state index contributed by atoms with van der Waals surface area (Å²) in [5, 5.41) is 3.12. The lowest BCUT2D eigenvalue weighted by atomic mass is 10.1. The van der Waals surface area contributed by atoms with Crippen LogP contribution < -0.4 is 5.32 Å². The largest absolute Gasteiger partial charge is 0.297 e. The van der Waals surface area contributed by atoms with Crippen LogP contribution in [-0.2, 0) is 0 Å². The number of aryl methyl sites for hydroxylation is 1. The minimum Gasteiger partial charge on any atom is -0.297 e. The first-order chi connectivity index (χ1) is 10.6. The lowest BCUT2D eigenvalue weighted by molar-refractivity contribution is 0.102. The summed E-state index contributed by atoms with van der Waals surface area (Å²) in [6.45, 7) is 1.96. The van der Waals surface area contributed by atoms with Crippen LogP contribution >= 0.6 is 11.5 Å². The van der Waals surface area contributed by atoms with Gasteiger partial charge in [0.05, 0.1) is 0 Å². The van der Waals surface area contributed by atoms with Crippen LogP contribution in [0.25, 0.3) is 11.4 Å². The fourth-order valence-electron chi connectivity index (χ4n) is 1.86. The van der Waals surface area contributed by atoms with Crippen molar-refractivity contribution in [2.45, 2.75) is 6.92 Å². The number of carbonyl (C=O) groups is 1. The zero-order chi connectivity index (χ0) is 15.5. The fourth-order valence-corrected chi connectivity index (χ4v) is 2.45. The Labute approximate surface area is 130 Å². The van der Waals surface area contributed by atoms with E-state index >= 15 is 0 Å². The average Bonchev–Trinajstić information content (AvgIpc) is 2.97. The standard InChI is InChI=1S/C16H12FN3OS/c1-10-2-4-12(5-3-10)15(21)19-16-18-14(20-22-16)11-6-8-13(17)9-7-11/h2-9H,1H3,(H,18,19,20,21). The number of aromatic nitrogens is 2. The summed E-state index contributed by atoms with van der Waals surface area (Å²) >= 11 is 1.09. The van der Waals surface area contributed by atoms with Crippen molar-refractivity contribution in [3.63, 3.8) is 0 Å². The Bertz CT molecular complexity index is 797. The molecule has 1 amide bonds. The van der Waals surface area contributed by atoms with Crippen LogP contribution in [-0.4, -0.2) is 15.3 Å². The molecule has 1 heterocycles. The molecule has 1 N–H and O–H groups in total. The molecule has 4 nitrogen and oxygen atoms in total. The predicted molar refractivity (Wildman–Crippen MR) is 84.4 cm³/mol. The number of benzene rings is 2. The van der Waals surface area contributed by atoms with Crippen molar-refractivity contribution in [2.24, 2.45) is 0 Å². The third-order valence-corrected chi connectivity index (χ3v) is 3.69. The van der Waals surface area contributed by atoms with Crippen molar-refractivity contribution in [1.82, 2.24) is 9.36 Å². The van der Waals surface area contributed by atoms with E-state index in [-0.39, 0.29) is 11.7 Å². The first-order valence-corrected chi connectivity index (χ1v) is 7.37. The van der Waals surface area contributed by atoms with Crippen molar-refractivity contribution in [3.8, 4) is 11.4 Å².